The number of nitrogens with zero attached hydrogens (tertiary/aromatic N) is 2. The van der Waals surface area contributed by atoms with Crippen molar-refractivity contribution in [1.82, 2.24) is 10.3 Å². The molecule has 9 heteroatoms. The number of hydrogen-bond donors (Lipinski definition) is 1. The van der Waals surface area contributed by atoms with E-state index in [1.165, 1.54) is 19.1 Å². The molecule has 1 heterocycles. The van der Waals surface area contributed by atoms with Crippen molar-refractivity contribution < 1.29 is 13.2 Å². The van der Waals surface area contributed by atoms with Crippen LogP contribution in [0.1, 0.15) is 12.5 Å². The van der Waals surface area contributed by atoms with Crippen LogP contribution in [0.15, 0.2) is 42.7 Å². The Kier molecular flexibility index (Phi) is 6.26. The molecule has 2 aromatic rings. The Morgan fingerprint density at radius 3 is 2.48 bits per heavy atom. The topological polar surface area (TPSA) is 79.4 Å². The van der Waals surface area contributed by atoms with Crippen molar-refractivity contribution in [2.24, 2.45) is 0 Å². The second kappa shape index (κ2) is 8.03. The van der Waals surface area contributed by atoms with Gasteiger partial charge in [-0.1, -0.05) is 23.2 Å². The van der Waals surface area contributed by atoms with Gasteiger partial charge in [-0.25, -0.2) is 8.42 Å². The van der Waals surface area contributed by atoms with Crippen LogP contribution in [-0.4, -0.2) is 31.6 Å². The van der Waals surface area contributed by atoms with Crippen molar-refractivity contribution in [3.05, 3.63) is 58.3 Å². The van der Waals surface area contributed by atoms with Gasteiger partial charge in [-0.3, -0.25) is 14.1 Å². The Bertz CT molecular complexity index is 860. The van der Waals surface area contributed by atoms with Gasteiger partial charge in [0.05, 0.1) is 17.0 Å². The van der Waals surface area contributed by atoms with Crippen LogP contribution in [0.3, 0.4) is 0 Å². The van der Waals surface area contributed by atoms with Crippen molar-refractivity contribution in [3.8, 4) is 0 Å². The Hall–Kier alpha value is -1.83. The number of benzene rings is 1. The molecule has 0 aliphatic carbocycles. The number of aromatic nitrogens is 1. The molecule has 0 fully saturated rings. The Labute approximate surface area is 156 Å². The second-order valence-corrected chi connectivity index (χ2v) is 8.11. The van der Waals surface area contributed by atoms with E-state index < -0.39 is 22.0 Å². The highest BCUT2D eigenvalue weighted by Crippen LogP contribution is 2.32. The van der Waals surface area contributed by atoms with Crippen molar-refractivity contribution in [3.63, 3.8) is 0 Å². The van der Waals surface area contributed by atoms with Gasteiger partial charge in [0.2, 0.25) is 15.9 Å². The van der Waals surface area contributed by atoms with E-state index in [-0.39, 0.29) is 17.3 Å². The van der Waals surface area contributed by atoms with Crippen LogP contribution >= 0.6 is 23.2 Å². The van der Waals surface area contributed by atoms with Gasteiger partial charge in [-0.05, 0) is 42.8 Å². The maximum Gasteiger partial charge on any atom is 0.243 e. The summed E-state index contributed by atoms with van der Waals surface area (Å²) in [5.41, 5.74) is 1.01. The van der Waals surface area contributed by atoms with Gasteiger partial charge >= 0.3 is 0 Å². The molecule has 25 heavy (non-hydrogen) atoms. The lowest BCUT2D eigenvalue weighted by Gasteiger charge is -2.29. The molecule has 0 aliphatic rings. The number of amides is 1. The van der Waals surface area contributed by atoms with Gasteiger partial charge in [0.25, 0.3) is 0 Å². The monoisotopic (exact) mass is 401 g/mol. The molecule has 0 aliphatic heterocycles. The predicted octanol–water partition coefficient (Wildman–Crippen LogP) is 2.86. The molecule has 1 unspecified atom stereocenters. The number of rotatable bonds is 6. The summed E-state index contributed by atoms with van der Waals surface area (Å²) in [7, 11) is -3.77. The van der Waals surface area contributed by atoms with Crippen LogP contribution in [0, 0.1) is 0 Å². The first-order valence-corrected chi connectivity index (χ1v) is 9.91. The fraction of sp³-hybridized carbons (Fsp3) is 0.250. The smallest absolute Gasteiger partial charge is 0.243 e. The van der Waals surface area contributed by atoms with Gasteiger partial charge in [-0.15, -0.1) is 0 Å². The van der Waals surface area contributed by atoms with E-state index in [2.05, 4.69) is 10.3 Å². The van der Waals surface area contributed by atoms with E-state index in [0.717, 1.165) is 16.1 Å². The van der Waals surface area contributed by atoms with Crippen molar-refractivity contribution in [1.29, 1.82) is 0 Å². The third-order valence-electron chi connectivity index (χ3n) is 3.45. The zero-order valence-electron chi connectivity index (χ0n) is 13.6. The molecule has 1 N–H and O–H groups in total. The molecule has 1 atom stereocenters. The Morgan fingerprint density at radius 1 is 1.24 bits per heavy atom. The molecule has 1 amide bonds. The minimum Gasteiger partial charge on any atom is -0.350 e. The average molecular weight is 402 g/mol. The summed E-state index contributed by atoms with van der Waals surface area (Å²) in [6.07, 6.45) is 4.23. The van der Waals surface area contributed by atoms with Gasteiger partial charge < -0.3 is 5.32 Å². The SMILES string of the molecule is CC(C(=O)NCc1ccncc1)N(c1cc(Cl)ccc1Cl)S(C)(=O)=O. The zero-order valence-corrected chi connectivity index (χ0v) is 15.9. The van der Waals surface area contributed by atoms with Crippen LogP contribution in [0.4, 0.5) is 5.69 Å². The van der Waals surface area contributed by atoms with Crippen LogP contribution in [0.25, 0.3) is 0 Å². The summed E-state index contributed by atoms with van der Waals surface area (Å²) in [6, 6.07) is 6.95. The van der Waals surface area contributed by atoms with Crippen molar-refractivity contribution >= 4 is 44.8 Å². The molecule has 0 spiro atoms. The number of sulfonamides is 1. The lowest BCUT2D eigenvalue weighted by molar-refractivity contribution is -0.122. The molecule has 134 valence electrons. The number of nitrogens with one attached hydrogen (secondary N) is 1. The molecular formula is C16H17Cl2N3O3S. The van der Waals surface area contributed by atoms with E-state index in [9.17, 15) is 13.2 Å². The number of pyridine rings is 1. The molecule has 1 aromatic heterocycles. The minimum atomic E-state index is -3.77. The third kappa shape index (κ3) is 5.07. The summed E-state index contributed by atoms with van der Waals surface area (Å²) < 4.78 is 25.5. The predicted molar refractivity (Wildman–Crippen MR) is 99.3 cm³/mol. The number of carbonyl (C=O) groups is 1. The highest BCUT2D eigenvalue weighted by atomic mass is 35.5. The fourth-order valence-corrected chi connectivity index (χ4v) is 3.88. The lowest BCUT2D eigenvalue weighted by Crippen LogP contribution is -2.47. The molecular weight excluding hydrogens is 385 g/mol. The van der Waals surface area contributed by atoms with Crippen LogP contribution in [0.2, 0.25) is 10.0 Å². The zero-order chi connectivity index (χ0) is 18.6. The van der Waals surface area contributed by atoms with Crippen LogP contribution in [-0.2, 0) is 21.4 Å². The quantitative estimate of drug-likeness (QED) is 0.806. The molecule has 6 nitrogen and oxygen atoms in total. The molecule has 0 saturated carbocycles. The molecule has 0 radical (unpaired) electrons. The average Bonchev–Trinajstić information content (AvgIpc) is 2.55. The van der Waals surface area contributed by atoms with Gasteiger partial charge in [0.15, 0.2) is 0 Å². The Balaban J connectivity index is 2.25. The van der Waals surface area contributed by atoms with E-state index in [1.54, 1.807) is 30.6 Å². The van der Waals surface area contributed by atoms with Gasteiger partial charge in [-0.2, -0.15) is 0 Å². The summed E-state index contributed by atoms with van der Waals surface area (Å²) in [5, 5.41) is 3.21. The number of hydrogen-bond acceptors (Lipinski definition) is 4. The van der Waals surface area contributed by atoms with E-state index in [0.29, 0.717) is 5.02 Å². The van der Waals surface area contributed by atoms with Crippen LogP contribution < -0.4 is 9.62 Å². The lowest BCUT2D eigenvalue weighted by atomic mass is 10.2. The summed E-state index contributed by atoms with van der Waals surface area (Å²) in [5.74, 6) is -0.460. The standard InChI is InChI=1S/C16H17Cl2N3O3S/c1-11(16(22)20-10-12-5-7-19-8-6-12)21(25(2,23)24)15-9-13(17)3-4-14(15)18/h3-9,11H,10H2,1-2H3,(H,20,22). The second-order valence-electron chi connectivity index (χ2n) is 5.40. The largest absolute Gasteiger partial charge is 0.350 e. The van der Waals surface area contributed by atoms with E-state index >= 15 is 0 Å². The van der Waals surface area contributed by atoms with Crippen molar-refractivity contribution in [2.75, 3.05) is 10.6 Å². The highest BCUT2D eigenvalue weighted by Gasteiger charge is 2.30. The summed E-state index contributed by atoms with van der Waals surface area (Å²) >= 11 is 12.1. The van der Waals surface area contributed by atoms with Crippen LogP contribution in [0.5, 0.6) is 0 Å². The van der Waals surface area contributed by atoms with Crippen molar-refractivity contribution in [2.45, 2.75) is 19.5 Å². The molecule has 2 rings (SSSR count). The maximum absolute atomic E-state index is 12.5. The maximum atomic E-state index is 12.5. The third-order valence-corrected chi connectivity index (χ3v) is 5.23. The highest BCUT2D eigenvalue weighted by molar-refractivity contribution is 7.92. The first kappa shape index (κ1) is 19.5. The van der Waals surface area contributed by atoms with E-state index in [4.69, 9.17) is 23.2 Å². The molecule has 0 bridgehead atoms. The summed E-state index contributed by atoms with van der Waals surface area (Å²) in [6.45, 7) is 1.74. The van der Waals surface area contributed by atoms with Gasteiger partial charge in [0.1, 0.15) is 6.04 Å². The normalized spacial score (nSPS) is 12.5. The number of carbonyl (C=O) groups excluding carboxylic acids is 1. The summed E-state index contributed by atoms with van der Waals surface area (Å²) in [4.78, 5) is 16.4. The minimum absolute atomic E-state index is 0.156. The molecule has 0 saturated heterocycles. The number of halogens is 2. The fourth-order valence-electron chi connectivity index (χ4n) is 2.27. The first-order valence-electron chi connectivity index (χ1n) is 7.31. The number of anilines is 1. The van der Waals surface area contributed by atoms with Gasteiger partial charge in [0, 0.05) is 24.0 Å². The molecule has 1 aromatic carbocycles. The Morgan fingerprint density at radius 2 is 1.88 bits per heavy atom. The first-order chi connectivity index (χ1) is 11.7. The van der Waals surface area contributed by atoms with E-state index in [1.807, 2.05) is 0 Å².